The van der Waals surface area contributed by atoms with E-state index in [0.29, 0.717) is 11.8 Å². The van der Waals surface area contributed by atoms with Crippen LogP contribution in [0.15, 0.2) is 34.7 Å². The Balaban J connectivity index is 1.93. The van der Waals surface area contributed by atoms with Gasteiger partial charge in [0.05, 0.1) is 0 Å². The molecular weight excluding hydrogens is 306 g/mol. The highest BCUT2D eigenvalue weighted by Crippen LogP contribution is 2.17. The van der Waals surface area contributed by atoms with Crippen LogP contribution in [0, 0.1) is 0 Å². The lowest BCUT2D eigenvalue weighted by molar-refractivity contribution is 0.194. The van der Waals surface area contributed by atoms with Crippen molar-refractivity contribution in [3.8, 4) is 11.5 Å². The predicted octanol–water partition coefficient (Wildman–Crippen LogP) is 2.22. The molecule has 24 heavy (non-hydrogen) atoms. The Kier molecular flexibility index (Phi) is 6.31. The zero-order valence-corrected chi connectivity index (χ0v) is 14.7. The van der Waals surface area contributed by atoms with Crippen LogP contribution < -0.4 is 5.32 Å². The molecule has 7 nitrogen and oxygen atoms in total. The summed E-state index contributed by atoms with van der Waals surface area (Å²) in [6.07, 6.45) is 0.872. The number of rotatable bonds is 7. The first kappa shape index (κ1) is 17.9. The van der Waals surface area contributed by atoms with E-state index in [4.69, 9.17) is 4.42 Å². The van der Waals surface area contributed by atoms with E-state index in [0.717, 1.165) is 18.5 Å². The number of hydrogen-bond acceptors (Lipinski definition) is 5. The lowest BCUT2D eigenvalue weighted by Crippen LogP contribution is -2.46. The molecule has 0 aliphatic rings. The number of urea groups is 1. The van der Waals surface area contributed by atoms with Gasteiger partial charge >= 0.3 is 6.03 Å². The van der Waals surface area contributed by atoms with Crippen LogP contribution in [0.4, 0.5) is 4.79 Å². The summed E-state index contributed by atoms with van der Waals surface area (Å²) in [7, 11) is 5.69. The molecule has 1 aromatic carbocycles. The number of hydrogen-bond donors (Lipinski definition) is 1. The second-order valence-electron chi connectivity index (χ2n) is 6.04. The number of amides is 2. The summed E-state index contributed by atoms with van der Waals surface area (Å²) in [4.78, 5) is 15.9. The first-order valence-electron chi connectivity index (χ1n) is 8.03. The minimum atomic E-state index is -0.150. The molecule has 1 atom stereocenters. The lowest BCUT2D eigenvalue weighted by Gasteiger charge is -2.24. The van der Waals surface area contributed by atoms with E-state index in [9.17, 15) is 4.79 Å². The molecule has 0 fully saturated rings. The van der Waals surface area contributed by atoms with Gasteiger partial charge in [0.1, 0.15) is 6.54 Å². The van der Waals surface area contributed by atoms with Gasteiger partial charge in [-0.05, 0) is 32.6 Å². The number of nitrogens with one attached hydrogen (secondary N) is 1. The van der Waals surface area contributed by atoms with E-state index < -0.39 is 0 Å². The van der Waals surface area contributed by atoms with Gasteiger partial charge in [-0.25, -0.2) is 4.79 Å². The summed E-state index contributed by atoms with van der Waals surface area (Å²) < 4.78 is 5.63. The monoisotopic (exact) mass is 331 g/mol. The molecule has 7 heteroatoms. The van der Waals surface area contributed by atoms with Crippen molar-refractivity contribution in [1.29, 1.82) is 0 Å². The van der Waals surface area contributed by atoms with Gasteiger partial charge in [-0.3, -0.25) is 0 Å². The topological polar surface area (TPSA) is 74.5 Å². The standard InChI is InChI=1S/C17H25N5O2/c1-5-14(11-21(2)3)18-17(23)22(4)12-15-19-20-16(24-15)13-9-7-6-8-10-13/h6-10,14H,5,11-12H2,1-4H3,(H,18,23). The van der Waals surface area contributed by atoms with Crippen LogP contribution in [-0.4, -0.2) is 59.8 Å². The molecule has 2 rings (SSSR count). The number of likely N-dealkylation sites (N-methyl/N-ethyl adjacent to an activating group) is 1. The van der Waals surface area contributed by atoms with Crippen molar-refractivity contribution in [2.24, 2.45) is 0 Å². The van der Waals surface area contributed by atoms with Crippen molar-refractivity contribution >= 4 is 6.03 Å². The SMILES string of the molecule is CCC(CN(C)C)NC(=O)N(C)Cc1nnc(-c2ccccc2)o1. The van der Waals surface area contributed by atoms with Crippen molar-refractivity contribution in [3.05, 3.63) is 36.2 Å². The molecule has 0 aliphatic carbocycles. The van der Waals surface area contributed by atoms with Crippen LogP contribution in [-0.2, 0) is 6.54 Å². The highest BCUT2D eigenvalue weighted by atomic mass is 16.4. The predicted molar refractivity (Wildman–Crippen MR) is 92.4 cm³/mol. The minimum Gasteiger partial charge on any atom is -0.419 e. The van der Waals surface area contributed by atoms with Crippen LogP contribution in [0.25, 0.3) is 11.5 Å². The molecule has 0 saturated heterocycles. The van der Waals surface area contributed by atoms with Gasteiger partial charge in [0.2, 0.25) is 11.8 Å². The van der Waals surface area contributed by atoms with Crippen molar-refractivity contribution in [2.75, 3.05) is 27.7 Å². The van der Waals surface area contributed by atoms with Crippen molar-refractivity contribution < 1.29 is 9.21 Å². The number of carbonyl (C=O) groups excluding carboxylic acids is 1. The first-order chi connectivity index (χ1) is 11.5. The highest BCUT2D eigenvalue weighted by molar-refractivity contribution is 5.74. The maximum atomic E-state index is 12.3. The quantitative estimate of drug-likeness (QED) is 0.842. The molecule has 1 N–H and O–H groups in total. The van der Waals surface area contributed by atoms with Gasteiger partial charge in [0, 0.05) is 25.2 Å². The van der Waals surface area contributed by atoms with Gasteiger partial charge in [-0.1, -0.05) is 25.1 Å². The van der Waals surface area contributed by atoms with Gasteiger partial charge < -0.3 is 19.5 Å². The third-order valence-electron chi connectivity index (χ3n) is 3.61. The average molecular weight is 331 g/mol. The maximum Gasteiger partial charge on any atom is 0.317 e. The van der Waals surface area contributed by atoms with Gasteiger partial charge in [0.15, 0.2) is 0 Å². The maximum absolute atomic E-state index is 12.3. The average Bonchev–Trinajstić information content (AvgIpc) is 3.03. The fraction of sp³-hybridized carbons (Fsp3) is 0.471. The zero-order valence-electron chi connectivity index (χ0n) is 14.7. The van der Waals surface area contributed by atoms with E-state index in [1.54, 1.807) is 11.9 Å². The molecule has 0 aliphatic heterocycles. The molecule has 130 valence electrons. The number of aromatic nitrogens is 2. The third kappa shape index (κ3) is 5.06. The van der Waals surface area contributed by atoms with Crippen LogP contribution in [0.2, 0.25) is 0 Å². The summed E-state index contributed by atoms with van der Waals surface area (Å²) in [5.41, 5.74) is 0.861. The van der Waals surface area contributed by atoms with Gasteiger partial charge in [-0.2, -0.15) is 0 Å². The van der Waals surface area contributed by atoms with Crippen LogP contribution >= 0.6 is 0 Å². The Bertz CT molecular complexity index is 641. The van der Waals surface area contributed by atoms with E-state index >= 15 is 0 Å². The molecule has 1 aromatic heterocycles. The smallest absolute Gasteiger partial charge is 0.317 e. The summed E-state index contributed by atoms with van der Waals surface area (Å²) in [6.45, 7) is 3.12. The van der Waals surface area contributed by atoms with Crippen LogP contribution in [0.5, 0.6) is 0 Å². The summed E-state index contributed by atoms with van der Waals surface area (Å²) >= 11 is 0. The molecule has 0 bridgehead atoms. The molecule has 1 heterocycles. The van der Waals surface area contributed by atoms with E-state index in [1.165, 1.54) is 0 Å². The van der Waals surface area contributed by atoms with Crippen LogP contribution in [0.3, 0.4) is 0 Å². The highest BCUT2D eigenvalue weighted by Gasteiger charge is 2.17. The third-order valence-corrected chi connectivity index (χ3v) is 3.61. The van der Waals surface area contributed by atoms with Crippen molar-refractivity contribution in [3.63, 3.8) is 0 Å². The lowest BCUT2D eigenvalue weighted by atomic mass is 10.2. The van der Waals surface area contributed by atoms with E-state index in [1.807, 2.05) is 44.4 Å². The van der Waals surface area contributed by atoms with Crippen molar-refractivity contribution in [1.82, 2.24) is 25.3 Å². The number of benzene rings is 1. The summed E-state index contributed by atoms with van der Waals surface area (Å²) in [5.74, 6) is 0.866. The normalized spacial score (nSPS) is 12.2. The Labute approximate surface area is 142 Å². The first-order valence-corrected chi connectivity index (χ1v) is 8.03. The fourth-order valence-corrected chi connectivity index (χ4v) is 2.29. The van der Waals surface area contributed by atoms with E-state index in [2.05, 4.69) is 27.3 Å². The second kappa shape index (κ2) is 8.44. The molecule has 0 spiro atoms. The summed E-state index contributed by atoms with van der Waals surface area (Å²) in [6, 6.07) is 9.52. The van der Waals surface area contributed by atoms with E-state index in [-0.39, 0.29) is 18.6 Å². The largest absolute Gasteiger partial charge is 0.419 e. The number of carbonyl (C=O) groups is 1. The zero-order chi connectivity index (χ0) is 17.5. The Hall–Kier alpha value is -2.41. The van der Waals surface area contributed by atoms with Gasteiger partial charge in [0.25, 0.3) is 0 Å². The molecule has 2 amide bonds. The number of nitrogens with zero attached hydrogens (tertiary/aromatic N) is 4. The molecule has 1 unspecified atom stereocenters. The summed E-state index contributed by atoms with van der Waals surface area (Å²) in [5, 5.41) is 11.1. The van der Waals surface area contributed by atoms with Crippen LogP contribution in [0.1, 0.15) is 19.2 Å². The molecule has 2 aromatic rings. The Morgan fingerprint density at radius 3 is 2.54 bits per heavy atom. The minimum absolute atomic E-state index is 0.109. The molecule has 0 radical (unpaired) electrons. The van der Waals surface area contributed by atoms with Gasteiger partial charge in [-0.15, -0.1) is 10.2 Å². The molecular formula is C17H25N5O2. The Morgan fingerprint density at radius 2 is 1.92 bits per heavy atom. The van der Waals surface area contributed by atoms with Crippen molar-refractivity contribution in [2.45, 2.75) is 25.9 Å². The molecule has 0 saturated carbocycles. The second-order valence-corrected chi connectivity index (χ2v) is 6.04. The Morgan fingerprint density at radius 1 is 1.21 bits per heavy atom. The fourth-order valence-electron chi connectivity index (χ4n) is 2.29.